The Kier molecular flexibility index (Phi) is 5.32. The Morgan fingerprint density at radius 3 is 1.70 bits per heavy atom. The highest BCUT2D eigenvalue weighted by atomic mass is 16.3. The topological polar surface area (TPSA) is 46.8 Å². The Hall–Kier alpha value is -6.57. The van der Waals surface area contributed by atoms with Gasteiger partial charge in [-0.25, -0.2) is 0 Å². The fourth-order valence-corrected chi connectivity index (χ4v) is 7.46. The highest BCUT2D eigenvalue weighted by Crippen LogP contribution is 2.39. The molecule has 0 unspecified atom stereocenters. The minimum absolute atomic E-state index is 0.607. The van der Waals surface area contributed by atoms with Crippen LogP contribution in [0.4, 0.5) is 0 Å². The molecule has 0 radical (unpaired) electrons. The van der Waals surface area contributed by atoms with Crippen LogP contribution in [0, 0.1) is 11.3 Å². The van der Waals surface area contributed by atoms with Crippen molar-refractivity contribution >= 4 is 65.6 Å². The van der Waals surface area contributed by atoms with Crippen LogP contribution in [0.15, 0.2) is 156 Å². The Labute approximate surface area is 269 Å². The number of rotatable bonds is 3. The Morgan fingerprint density at radius 2 is 1.00 bits per heavy atom. The van der Waals surface area contributed by atoms with Crippen molar-refractivity contribution in [1.82, 2.24) is 9.13 Å². The molecule has 218 valence electrons. The molecule has 0 atom stereocenters. The molecule has 4 nitrogen and oxygen atoms in total. The van der Waals surface area contributed by atoms with Gasteiger partial charge in [0.05, 0.1) is 33.7 Å². The SMILES string of the molecule is N#Cc1cc(-c2cccc(-n3c4ccccc4c4ccccc43)c2)cc(-n2c3ccccc3c3cc4c(cc32)oc2ccccc24)c1. The van der Waals surface area contributed by atoms with Crippen LogP contribution < -0.4 is 0 Å². The molecule has 0 bridgehead atoms. The van der Waals surface area contributed by atoms with E-state index in [1.807, 2.05) is 24.3 Å². The number of fused-ring (bicyclic) bond motifs is 9. The van der Waals surface area contributed by atoms with E-state index in [9.17, 15) is 5.26 Å². The lowest BCUT2D eigenvalue weighted by Gasteiger charge is -2.13. The molecule has 0 saturated carbocycles. The van der Waals surface area contributed by atoms with Crippen molar-refractivity contribution in [2.24, 2.45) is 0 Å². The first-order valence-corrected chi connectivity index (χ1v) is 15.7. The van der Waals surface area contributed by atoms with Crippen LogP contribution in [0.5, 0.6) is 0 Å². The van der Waals surface area contributed by atoms with Gasteiger partial charge in [0, 0.05) is 49.8 Å². The second-order valence-corrected chi connectivity index (χ2v) is 12.1. The van der Waals surface area contributed by atoms with Crippen molar-refractivity contribution in [3.8, 4) is 28.6 Å². The number of nitriles is 1. The molecular formula is C43H25N3O. The van der Waals surface area contributed by atoms with Gasteiger partial charge in [-0.1, -0.05) is 84.9 Å². The lowest BCUT2D eigenvalue weighted by atomic mass is 10.0. The minimum atomic E-state index is 0.607. The molecule has 7 aromatic carbocycles. The summed E-state index contributed by atoms with van der Waals surface area (Å²) >= 11 is 0. The molecule has 0 aliphatic rings. The van der Waals surface area contributed by atoms with E-state index in [2.05, 4.69) is 143 Å². The van der Waals surface area contributed by atoms with Gasteiger partial charge < -0.3 is 13.6 Å². The smallest absolute Gasteiger partial charge is 0.137 e. The van der Waals surface area contributed by atoms with E-state index in [4.69, 9.17) is 4.42 Å². The summed E-state index contributed by atoms with van der Waals surface area (Å²) in [5, 5.41) is 17.2. The van der Waals surface area contributed by atoms with Gasteiger partial charge >= 0.3 is 0 Å². The van der Waals surface area contributed by atoms with Crippen LogP contribution in [0.2, 0.25) is 0 Å². The average Bonchev–Trinajstić information content (AvgIpc) is 3.77. The van der Waals surface area contributed by atoms with Crippen molar-refractivity contribution in [2.75, 3.05) is 0 Å². The second-order valence-electron chi connectivity index (χ2n) is 12.1. The van der Waals surface area contributed by atoms with Gasteiger partial charge in [-0.05, 0) is 71.8 Å². The van der Waals surface area contributed by atoms with E-state index in [-0.39, 0.29) is 0 Å². The maximum Gasteiger partial charge on any atom is 0.137 e. The Balaban J connectivity index is 1.21. The van der Waals surface area contributed by atoms with Gasteiger partial charge in [0.1, 0.15) is 11.2 Å². The highest BCUT2D eigenvalue weighted by molar-refractivity contribution is 6.17. The lowest BCUT2D eigenvalue weighted by Crippen LogP contribution is -1.97. The van der Waals surface area contributed by atoms with Crippen molar-refractivity contribution in [3.05, 3.63) is 157 Å². The summed E-state index contributed by atoms with van der Waals surface area (Å²) in [6, 6.07) is 55.4. The predicted octanol–water partition coefficient (Wildman–Crippen LogP) is 11.3. The molecule has 4 heteroatoms. The van der Waals surface area contributed by atoms with Crippen molar-refractivity contribution in [3.63, 3.8) is 0 Å². The van der Waals surface area contributed by atoms with Crippen LogP contribution in [0.1, 0.15) is 5.56 Å². The third kappa shape index (κ3) is 3.75. The summed E-state index contributed by atoms with van der Waals surface area (Å²) < 4.78 is 10.9. The molecule has 0 amide bonds. The molecule has 0 aliphatic heterocycles. The lowest BCUT2D eigenvalue weighted by molar-refractivity contribution is 0.669. The number of hydrogen-bond donors (Lipinski definition) is 0. The molecule has 10 aromatic rings. The minimum Gasteiger partial charge on any atom is -0.456 e. The molecule has 47 heavy (non-hydrogen) atoms. The van der Waals surface area contributed by atoms with Gasteiger partial charge in [-0.3, -0.25) is 0 Å². The van der Waals surface area contributed by atoms with Crippen molar-refractivity contribution in [2.45, 2.75) is 0 Å². The van der Waals surface area contributed by atoms with Crippen LogP contribution in [-0.4, -0.2) is 9.13 Å². The normalized spacial score (nSPS) is 11.8. The number of nitrogens with zero attached hydrogens (tertiary/aromatic N) is 3. The largest absolute Gasteiger partial charge is 0.456 e. The van der Waals surface area contributed by atoms with E-state index in [0.29, 0.717) is 5.56 Å². The van der Waals surface area contributed by atoms with Gasteiger partial charge in [-0.2, -0.15) is 5.26 Å². The van der Waals surface area contributed by atoms with E-state index in [1.165, 1.54) is 21.8 Å². The van der Waals surface area contributed by atoms with Crippen LogP contribution >= 0.6 is 0 Å². The first-order chi connectivity index (χ1) is 23.2. The van der Waals surface area contributed by atoms with Gasteiger partial charge in [-0.15, -0.1) is 0 Å². The summed E-state index contributed by atoms with van der Waals surface area (Å²) in [6.07, 6.45) is 0. The predicted molar refractivity (Wildman–Crippen MR) is 193 cm³/mol. The Morgan fingerprint density at radius 1 is 0.404 bits per heavy atom. The van der Waals surface area contributed by atoms with Gasteiger partial charge in [0.25, 0.3) is 0 Å². The molecular weight excluding hydrogens is 574 g/mol. The van der Waals surface area contributed by atoms with E-state index in [0.717, 1.165) is 66.2 Å². The zero-order valence-corrected chi connectivity index (χ0v) is 25.2. The monoisotopic (exact) mass is 599 g/mol. The van der Waals surface area contributed by atoms with E-state index >= 15 is 0 Å². The molecule has 10 rings (SSSR count). The molecule has 0 aliphatic carbocycles. The molecule has 0 N–H and O–H groups in total. The first kappa shape index (κ1) is 25.7. The number of para-hydroxylation sites is 4. The maximum atomic E-state index is 10.2. The molecule has 0 saturated heterocycles. The highest BCUT2D eigenvalue weighted by Gasteiger charge is 2.18. The third-order valence-corrected chi connectivity index (χ3v) is 9.49. The number of hydrogen-bond acceptors (Lipinski definition) is 2. The Bertz CT molecular complexity index is 2880. The maximum absolute atomic E-state index is 10.2. The quantitative estimate of drug-likeness (QED) is 0.203. The summed E-state index contributed by atoms with van der Waals surface area (Å²) in [5.41, 5.74) is 10.8. The average molecular weight is 600 g/mol. The van der Waals surface area contributed by atoms with Gasteiger partial charge in [0.2, 0.25) is 0 Å². The molecule has 3 aromatic heterocycles. The molecule has 0 spiro atoms. The molecule has 3 heterocycles. The fraction of sp³-hybridized carbons (Fsp3) is 0. The zero-order valence-electron chi connectivity index (χ0n) is 25.2. The first-order valence-electron chi connectivity index (χ1n) is 15.7. The van der Waals surface area contributed by atoms with Crippen molar-refractivity contribution < 1.29 is 4.42 Å². The number of furan rings is 1. The van der Waals surface area contributed by atoms with Crippen LogP contribution in [0.3, 0.4) is 0 Å². The number of aromatic nitrogens is 2. The zero-order chi connectivity index (χ0) is 31.1. The summed E-state index contributed by atoms with van der Waals surface area (Å²) in [4.78, 5) is 0. The number of benzene rings is 7. The molecule has 0 fully saturated rings. The van der Waals surface area contributed by atoms with Crippen LogP contribution in [-0.2, 0) is 0 Å². The third-order valence-electron chi connectivity index (χ3n) is 9.49. The fourth-order valence-electron chi connectivity index (χ4n) is 7.46. The second kappa shape index (κ2) is 9.71. The standard InChI is InChI=1S/C43H25N3O/c44-26-27-20-29(28-10-9-11-30(22-28)45-38-16-5-1-12-32(38)33-13-2-6-17-39(33)45)23-31(21-27)46-40-18-7-3-14-34(40)36-24-37-35-15-4-8-19-42(35)47-43(37)25-41(36)46/h1-25H. The van der Waals surface area contributed by atoms with E-state index in [1.54, 1.807) is 0 Å². The summed E-state index contributed by atoms with van der Waals surface area (Å²) in [7, 11) is 0. The van der Waals surface area contributed by atoms with Crippen molar-refractivity contribution in [1.29, 1.82) is 5.26 Å². The van der Waals surface area contributed by atoms with Gasteiger partial charge in [0.15, 0.2) is 0 Å². The summed E-state index contributed by atoms with van der Waals surface area (Å²) in [6.45, 7) is 0. The van der Waals surface area contributed by atoms with Crippen LogP contribution in [0.25, 0.3) is 88.1 Å². The van der Waals surface area contributed by atoms with E-state index < -0.39 is 0 Å². The summed E-state index contributed by atoms with van der Waals surface area (Å²) in [5.74, 6) is 0.